The molecule has 6 heteroatoms. The molecule has 0 bridgehead atoms. The normalized spacial score (nSPS) is 26.8. The lowest BCUT2D eigenvalue weighted by Gasteiger charge is -2.23. The SMILES string of the molecule is Cc1cnc(-c2noc(C3(C)CCCC3N)n2)nc1. The second-order valence-corrected chi connectivity index (χ2v) is 5.42. The summed E-state index contributed by atoms with van der Waals surface area (Å²) in [5.41, 5.74) is 6.93. The number of aromatic nitrogens is 4. The Hall–Kier alpha value is -1.82. The predicted molar refractivity (Wildman–Crippen MR) is 69.2 cm³/mol. The van der Waals surface area contributed by atoms with Crippen LogP contribution in [0.1, 0.15) is 37.6 Å². The maximum Gasteiger partial charge on any atom is 0.240 e. The molecule has 0 aliphatic heterocycles. The molecule has 2 heterocycles. The summed E-state index contributed by atoms with van der Waals surface area (Å²) in [4.78, 5) is 12.8. The lowest BCUT2D eigenvalue weighted by Crippen LogP contribution is -2.38. The van der Waals surface area contributed by atoms with Crippen molar-refractivity contribution in [1.82, 2.24) is 20.1 Å². The van der Waals surface area contributed by atoms with E-state index >= 15 is 0 Å². The quantitative estimate of drug-likeness (QED) is 0.881. The summed E-state index contributed by atoms with van der Waals surface area (Å²) < 4.78 is 5.39. The first-order chi connectivity index (χ1) is 9.09. The average Bonchev–Trinajstić information content (AvgIpc) is 3.00. The second kappa shape index (κ2) is 4.38. The second-order valence-electron chi connectivity index (χ2n) is 5.42. The van der Waals surface area contributed by atoms with Gasteiger partial charge < -0.3 is 10.3 Å². The number of aryl methyl sites for hydroxylation is 1. The smallest absolute Gasteiger partial charge is 0.240 e. The van der Waals surface area contributed by atoms with Crippen LogP contribution in [-0.2, 0) is 5.41 Å². The molecule has 100 valence electrons. The number of hydrogen-bond donors (Lipinski definition) is 1. The van der Waals surface area contributed by atoms with Gasteiger partial charge >= 0.3 is 0 Å². The van der Waals surface area contributed by atoms with Crippen LogP contribution in [0.3, 0.4) is 0 Å². The molecular formula is C13H17N5O. The van der Waals surface area contributed by atoms with Crippen molar-refractivity contribution >= 4 is 0 Å². The topological polar surface area (TPSA) is 90.7 Å². The highest BCUT2D eigenvalue weighted by Gasteiger charge is 2.42. The van der Waals surface area contributed by atoms with E-state index in [2.05, 4.69) is 27.0 Å². The molecule has 2 unspecified atom stereocenters. The van der Waals surface area contributed by atoms with Gasteiger partial charge in [0.05, 0.1) is 5.41 Å². The van der Waals surface area contributed by atoms with Crippen molar-refractivity contribution < 1.29 is 4.52 Å². The van der Waals surface area contributed by atoms with E-state index in [0.29, 0.717) is 17.5 Å². The van der Waals surface area contributed by atoms with Crippen LogP contribution in [0.15, 0.2) is 16.9 Å². The summed E-state index contributed by atoms with van der Waals surface area (Å²) in [7, 11) is 0. The van der Waals surface area contributed by atoms with Crippen molar-refractivity contribution in [3.8, 4) is 11.6 Å². The largest absolute Gasteiger partial charge is 0.338 e. The van der Waals surface area contributed by atoms with E-state index in [0.717, 1.165) is 24.8 Å². The van der Waals surface area contributed by atoms with Gasteiger partial charge in [-0.1, -0.05) is 11.6 Å². The Bertz CT molecular complexity index is 579. The number of nitrogens with zero attached hydrogens (tertiary/aromatic N) is 4. The van der Waals surface area contributed by atoms with Gasteiger partial charge in [-0.25, -0.2) is 9.97 Å². The van der Waals surface area contributed by atoms with Gasteiger partial charge in [0.15, 0.2) is 0 Å². The van der Waals surface area contributed by atoms with E-state index in [4.69, 9.17) is 10.3 Å². The molecule has 0 amide bonds. The average molecular weight is 259 g/mol. The Morgan fingerprint density at radius 3 is 2.68 bits per heavy atom. The van der Waals surface area contributed by atoms with E-state index in [1.165, 1.54) is 0 Å². The minimum Gasteiger partial charge on any atom is -0.338 e. The van der Waals surface area contributed by atoms with E-state index in [1.807, 2.05) is 6.92 Å². The standard InChI is InChI=1S/C13H17N5O/c1-8-6-15-10(16-7-8)11-17-12(19-18-11)13(2)5-3-4-9(13)14/h6-7,9H,3-5,14H2,1-2H3. The summed E-state index contributed by atoms with van der Waals surface area (Å²) in [6.45, 7) is 4.02. The van der Waals surface area contributed by atoms with Gasteiger partial charge in [0, 0.05) is 18.4 Å². The molecule has 0 spiro atoms. The van der Waals surface area contributed by atoms with E-state index in [1.54, 1.807) is 12.4 Å². The first kappa shape index (κ1) is 12.2. The third-order valence-electron chi connectivity index (χ3n) is 3.93. The van der Waals surface area contributed by atoms with Crippen molar-refractivity contribution in [2.24, 2.45) is 5.73 Å². The molecule has 1 saturated carbocycles. The molecule has 1 aliphatic carbocycles. The molecule has 1 fully saturated rings. The molecule has 2 aromatic rings. The highest BCUT2D eigenvalue weighted by molar-refractivity contribution is 5.41. The minimum atomic E-state index is -0.226. The Morgan fingerprint density at radius 2 is 2.05 bits per heavy atom. The summed E-state index contributed by atoms with van der Waals surface area (Å²) in [6, 6.07) is 0.0692. The van der Waals surface area contributed by atoms with Gasteiger partial charge in [-0.2, -0.15) is 4.98 Å². The Balaban J connectivity index is 1.93. The third-order valence-corrected chi connectivity index (χ3v) is 3.93. The zero-order chi connectivity index (χ0) is 13.5. The zero-order valence-corrected chi connectivity index (χ0v) is 11.1. The number of hydrogen-bond acceptors (Lipinski definition) is 6. The van der Waals surface area contributed by atoms with Gasteiger partial charge in [-0.05, 0) is 32.3 Å². The van der Waals surface area contributed by atoms with Crippen LogP contribution in [0.25, 0.3) is 11.6 Å². The van der Waals surface area contributed by atoms with E-state index < -0.39 is 0 Å². The van der Waals surface area contributed by atoms with Crippen LogP contribution in [0, 0.1) is 6.92 Å². The molecule has 2 aromatic heterocycles. The predicted octanol–water partition coefficient (Wildman–Crippen LogP) is 1.60. The fraction of sp³-hybridized carbons (Fsp3) is 0.538. The van der Waals surface area contributed by atoms with Crippen LogP contribution in [0.4, 0.5) is 0 Å². The molecule has 0 saturated heterocycles. The highest BCUT2D eigenvalue weighted by atomic mass is 16.5. The minimum absolute atomic E-state index is 0.0692. The molecule has 6 nitrogen and oxygen atoms in total. The lowest BCUT2D eigenvalue weighted by molar-refractivity contribution is 0.278. The fourth-order valence-corrected chi connectivity index (χ4v) is 2.51. The lowest BCUT2D eigenvalue weighted by atomic mass is 9.85. The van der Waals surface area contributed by atoms with Crippen LogP contribution in [0.5, 0.6) is 0 Å². The molecule has 0 aromatic carbocycles. The Kier molecular flexibility index (Phi) is 2.82. The molecule has 19 heavy (non-hydrogen) atoms. The van der Waals surface area contributed by atoms with Crippen molar-refractivity contribution in [2.45, 2.75) is 44.6 Å². The Morgan fingerprint density at radius 1 is 1.32 bits per heavy atom. The van der Waals surface area contributed by atoms with Crippen LogP contribution < -0.4 is 5.73 Å². The molecule has 2 N–H and O–H groups in total. The first-order valence-corrected chi connectivity index (χ1v) is 6.48. The summed E-state index contributed by atoms with van der Waals surface area (Å²) in [6.07, 6.45) is 6.54. The van der Waals surface area contributed by atoms with Crippen molar-refractivity contribution in [1.29, 1.82) is 0 Å². The first-order valence-electron chi connectivity index (χ1n) is 6.48. The van der Waals surface area contributed by atoms with E-state index in [9.17, 15) is 0 Å². The molecular weight excluding hydrogens is 242 g/mol. The molecule has 1 aliphatic rings. The van der Waals surface area contributed by atoms with Crippen LogP contribution in [0.2, 0.25) is 0 Å². The van der Waals surface area contributed by atoms with Crippen molar-refractivity contribution in [3.05, 3.63) is 23.8 Å². The van der Waals surface area contributed by atoms with Gasteiger partial charge in [0.25, 0.3) is 0 Å². The summed E-state index contributed by atoms with van der Waals surface area (Å²) in [5.74, 6) is 1.50. The van der Waals surface area contributed by atoms with Crippen LogP contribution >= 0.6 is 0 Å². The van der Waals surface area contributed by atoms with Crippen molar-refractivity contribution in [2.75, 3.05) is 0 Å². The molecule has 2 atom stereocenters. The number of nitrogens with two attached hydrogens (primary N) is 1. The van der Waals surface area contributed by atoms with Crippen LogP contribution in [-0.4, -0.2) is 26.2 Å². The maximum absolute atomic E-state index is 6.15. The monoisotopic (exact) mass is 259 g/mol. The van der Waals surface area contributed by atoms with Gasteiger partial charge in [-0.3, -0.25) is 0 Å². The summed E-state index contributed by atoms with van der Waals surface area (Å²) >= 11 is 0. The third kappa shape index (κ3) is 2.02. The van der Waals surface area contributed by atoms with Crippen molar-refractivity contribution in [3.63, 3.8) is 0 Å². The zero-order valence-electron chi connectivity index (χ0n) is 11.1. The van der Waals surface area contributed by atoms with Gasteiger partial charge in [0.2, 0.25) is 17.5 Å². The highest BCUT2D eigenvalue weighted by Crippen LogP contribution is 2.39. The summed E-state index contributed by atoms with van der Waals surface area (Å²) in [5, 5.41) is 3.97. The number of rotatable bonds is 2. The molecule has 0 radical (unpaired) electrons. The van der Waals surface area contributed by atoms with Gasteiger partial charge in [-0.15, -0.1) is 0 Å². The molecule has 3 rings (SSSR count). The Labute approximate surface area is 111 Å². The van der Waals surface area contributed by atoms with Gasteiger partial charge in [0.1, 0.15) is 0 Å². The van der Waals surface area contributed by atoms with E-state index in [-0.39, 0.29) is 11.5 Å². The maximum atomic E-state index is 6.15. The fourth-order valence-electron chi connectivity index (χ4n) is 2.51.